The maximum atomic E-state index is 5.27. The van der Waals surface area contributed by atoms with Gasteiger partial charge in [-0.2, -0.15) is 5.10 Å². The quantitative estimate of drug-likeness (QED) is 0.853. The van der Waals surface area contributed by atoms with E-state index < -0.39 is 0 Å². The number of benzene rings is 1. The zero-order chi connectivity index (χ0) is 13.8. The molecule has 7 heteroatoms. The van der Waals surface area contributed by atoms with Crippen molar-refractivity contribution >= 4 is 31.9 Å². The third-order valence-electron chi connectivity index (χ3n) is 2.52. The van der Waals surface area contributed by atoms with Gasteiger partial charge in [-0.05, 0) is 49.6 Å². The molecule has 19 heavy (non-hydrogen) atoms. The van der Waals surface area contributed by atoms with Crippen LogP contribution in [0, 0.1) is 0 Å². The van der Waals surface area contributed by atoms with Gasteiger partial charge in [-0.1, -0.05) is 0 Å². The highest BCUT2D eigenvalue weighted by atomic mass is 79.9. The molecule has 2 rings (SSSR count). The normalized spacial score (nSPS) is 10.7. The summed E-state index contributed by atoms with van der Waals surface area (Å²) in [5, 5.41) is 7.51. The van der Waals surface area contributed by atoms with Gasteiger partial charge in [-0.15, -0.1) is 0 Å². The van der Waals surface area contributed by atoms with Gasteiger partial charge in [-0.3, -0.25) is 4.68 Å². The lowest BCUT2D eigenvalue weighted by Gasteiger charge is -2.09. The molecule has 0 spiro atoms. The maximum Gasteiger partial charge on any atom is 0.164 e. The Labute approximate surface area is 128 Å². The molecular weight excluding hydrogens is 376 g/mol. The average molecular weight is 390 g/mol. The second-order valence-electron chi connectivity index (χ2n) is 4.03. The first-order valence-electron chi connectivity index (χ1n) is 5.67. The predicted octanol–water partition coefficient (Wildman–Crippen LogP) is 2.64. The molecule has 0 aliphatic carbocycles. The fourth-order valence-corrected chi connectivity index (χ4v) is 3.30. The lowest BCUT2D eigenvalue weighted by Crippen LogP contribution is -2.14. The number of aromatic nitrogens is 3. The van der Waals surface area contributed by atoms with Gasteiger partial charge in [0.05, 0.1) is 22.6 Å². The molecule has 0 aliphatic rings. The summed E-state index contributed by atoms with van der Waals surface area (Å²) in [4.78, 5) is 4.16. The summed E-state index contributed by atoms with van der Waals surface area (Å²) in [7, 11) is 3.50. The Hall–Kier alpha value is -0.920. The van der Waals surface area contributed by atoms with Crippen LogP contribution < -0.4 is 10.1 Å². The number of aryl methyl sites for hydroxylation is 1. The van der Waals surface area contributed by atoms with E-state index in [0.29, 0.717) is 6.54 Å². The molecule has 0 fully saturated rings. The summed E-state index contributed by atoms with van der Waals surface area (Å²) in [6.07, 6.45) is 1.69. The molecule has 0 saturated heterocycles. The fraction of sp³-hybridized carbons (Fsp3) is 0.333. The highest BCUT2D eigenvalue weighted by Gasteiger charge is 2.07. The van der Waals surface area contributed by atoms with Crippen molar-refractivity contribution in [2.75, 3.05) is 7.11 Å². The average Bonchev–Trinajstić information content (AvgIpc) is 2.75. The topological polar surface area (TPSA) is 52.0 Å². The third-order valence-corrected chi connectivity index (χ3v) is 3.70. The molecule has 0 radical (unpaired) electrons. The van der Waals surface area contributed by atoms with Gasteiger partial charge in [0.1, 0.15) is 12.1 Å². The fourth-order valence-electron chi connectivity index (χ4n) is 1.69. The second kappa shape index (κ2) is 6.49. The standard InChI is InChI=1S/C12H14Br2N4O/c1-18-7-16-11(17-18)6-15-5-8-3-9(13)12(19-2)10(14)4-8/h3-4,7,15H,5-6H2,1-2H3. The van der Waals surface area contributed by atoms with Crippen molar-refractivity contribution in [1.82, 2.24) is 20.1 Å². The lowest BCUT2D eigenvalue weighted by molar-refractivity contribution is 0.409. The molecule has 1 aromatic carbocycles. The van der Waals surface area contributed by atoms with Crippen LogP contribution in [-0.2, 0) is 20.1 Å². The number of halogens is 2. The number of rotatable bonds is 5. The summed E-state index contributed by atoms with van der Waals surface area (Å²) < 4.78 is 8.82. The molecule has 0 saturated carbocycles. The summed E-state index contributed by atoms with van der Waals surface area (Å²) in [5.41, 5.74) is 1.15. The Kier molecular flexibility index (Phi) is 4.95. The van der Waals surface area contributed by atoms with Crippen LogP contribution in [0.2, 0.25) is 0 Å². The molecule has 102 valence electrons. The van der Waals surface area contributed by atoms with Crippen molar-refractivity contribution in [2.45, 2.75) is 13.1 Å². The van der Waals surface area contributed by atoms with Crippen LogP contribution in [0.4, 0.5) is 0 Å². The van der Waals surface area contributed by atoms with E-state index in [1.54, 1.807) is 18.1 Å². The molecule has 0 atom stereocenters. The number of nitrogens with one attached hydrogen (secondary N) is 1. The first kappa shape index (κ1) is 14.5. The van der Waals surface area contributed by atoms with Crippen molar-refractivity contribution in [3.05, 3.63) is 38.8 Å². The van der Waals surface area contributed by atoms with E-state index >= 15 is 0 Å². The van der Waals surface area contributed by atoms with E-state index in [9.17, 15) is 0 Å². The van der Waals surface area contributed by atoms with Crippen molar-refractivity contribution < 1.29 is 4.74 Å². The van der Waals surface area contributed by atoms with Gasteiger partial charge in [0.25, 0.3) is 0 Å². The summed E-state index contributed by atoms with van der Waals surface area (Å²) in [5.74, 6) is 1.59. The Morgan fingerprint density at radius 1 is 1.26 bits per heavy atom. The zero-order valence-electron chi connectivity index (χ0n) is 10.7. The molecule has 1 heterocycles. The van der Waals surface area contributed by atoms with E-state index in [4.69, 9.17) is 4.74 Å². The monoisotopic (exact) mass is 388 g/mol. The van der Waals surface area contributed by atoms with Crippen LogP contribution >= 0.6 is 31.9 Å². The summed E-state index contributed by atoms with van der Waals surface area (Å²) in [6.45, 7) is 1.38. The molecule has 0 aliphatic heterocycles. The first-order valence-corrected chi connectivity index (χ1v) is 7.26. The second-order valence-corrected chi connectivity index (χ2v) is 5.74. The first-order chi connectivity index (χ1) is 9.10. The molecule has 1 aromatic heterocycles. The van der Waals surface area contributed by atoms with E-state index in [-0.39, 0.29) is 0 Å². The minimum atomic E-state index is 0.641. The Balaban J connectivity index is 1.96. The lowest BCUT2D eigenvalue weighted by atomic mass is 10.2. The van der Waals surface area contributed by atoms with Crippen LogP contribution in [0.5, 0.6) is 5.75 Å². The van der Waals surface area contributed by atoms with Gasteiger partial charge in [0.2, 0.25) is 0 Å². The van der Waals surface area contributed by atoms with E-state index in [1.165, 1.54) is 0 Å². The van der Waals surface area contributed by atoms with Gasteiger partial charge >= 0.3 is 0 Å². The van der Waals surface area contributed by atoms with Crippen molar-refractivity contribution in [1.29, 1.82) is 0 Å². The highest BCUT2D eigenvalue weighted by Crippen LogP contribution is 2.34. The van der Waals surface area contributed by atoms with Gasteiger partial charge < -0.3 is 10.1 Å². The Morgan fingerprint density at radius 3 is 2.47 bits per heavy atom. The summed E-state index contributed by atoms with van der Waals surface area (Å²) in [6, 6.07) is 4.06. The van der Waals surface area contributed by atoms with E-state index in [2.05, 4.69) is 47.3 Å². The van der Waals surface area contributed by atoms with E-state index in [1.807, 2.05) is 19.2 Å². The van der Waals surface area contributed by atoms with E-state index in [0.717, 1.165) is 32.6 Å². The molecule has 0 amide bonds. The minimum Gasteiger partial charge on any atom is -0.494 e. The molecule has 0 unspecified atom stereocenters. The minimum absolute atomic E-state index is 0.641. The molecule has 2 aromatic rings. The Bertz CT molecular complexity index is 548. The number of nitrogens with zero attached hydrogens (tertiary/aromatic N) is 3. The smallest absolute Gasteiger partial charge is 0.164 e. The number of ether oxygens (including phenoxy) is 1. The SMILES string of the molecule is COc1c(Br)cc(CNCc2ncn(C)n2)cc1Br. The number of hydrogen-bond donors (Lipinski definition) is 1. The van der Waals surface area contributed by atoms with Crippen molar-refractivity contribution in [3.63, 3.8) is 0 Å². The highest BCUT2D eigenvalue weighted by molar-refractivity contribution is 9.11. The van der Waals surface area contributed by atoms with Gasteiger partial charge in [0, 0.05) is 13.6 Å². The van der Waals surface area contributed by atoms with Gasteiger partial charge in [0.15, 0.2) is 5.82 Å². The van der Waals surface area contributed by atoms with Crippen molar-refractivity contribution in [3.8, 4) is 5.75 Å². The van der Waals surface area contributed by atoms with Crippen LogP contribution in [0.3, 0.4) is 0 Å². The number of methoxy groups -OCH3 is 1. The number of hydrogen-bond acceptors (Lipinski definition) is 4. The molecule has 0 bridgehead atoms. The Morgan fingerprint density at radius 2 is 1.95 bits per heavy atom. The van der Waals surface area contributed by atoms with Crippen LogP contribution in [-0.4, -0.2) is 21.9 Å². The van der Waals surface area contributed by atoms with Crippen molar-refractivity contribution in [2.24, 2.45) is 7.05 Å². The van der Waals surface area contributed by atoms with Gasteiger partial charge in [-0.25, -0.2) is 4.98 Å². The third kappa shape index (κ3) is 3.77. The predicted molar refractivity (Wildman–Crippen MR) is 79.9 cm³/mol. The van der Waals surface area contributed by atoms with Crippen LogP contribution in [0.1, 0.15) is 11.4 Å². The largest absolute Gasteiger partial charge is 0.494 e. The summed E-state index contributed by atoms with van der Waals surface area (Å²) >= 11 is 6.97. The molecule has 5 nitrogen and oxygen atoms in total. The van der Waals surface area contributed by atoms with Crippen LogP contribution in [0.15, 0.2) is 27.4 Å². The van der Waals surface area contributed by atoms with Crippen LogP contribution in [0.25, 0.3) is 0 Å². The molecular formula is C12H14Br2N4O. The molecule has 1 N–H and O–H groups in total. The zero-order valence-corrected chi connectivity index (χ0v) is 13.8. The maximum absolute atomic E-state index is 5.27.